The van der Waals surface area contributed by atoms with Crippen LogP contribution in [-0.2, 0) is 18.7 Å². The van der Waals surface area contributed by atoms with Gasteiger partial charge in [-0.2, -0.15) is 0 Å². The van der Waals surface area contributed by atoms with Crippen LogP contribution < -0.4 is 10.1 Å². The van der Waals surface area contributed by atoms with Gasteiger partial charge in [0.2, 0.25) is 11.8 Å². The molecular weight excluding hydrogens is 460 g/mol. The number of rotatable bonds is 10. The molecule has 4 aromatic rings. The highest BCUT2D eigenvalue weighted by molar-refractivity contribution is 7.98. The number of nitrogens with one attached hydrogen (secondary N) is 1. The lowest BCUT2D eigenvalue weighted by Gasteiger charge is -2.25. The lowest BCUT2D eigenvalue weighted by atomic mass is 9.95. The third-order valence-corrected chi connectivity index (χ3v) is 7.15. The Labute approximate surface area is 209 Å². The van der Waals surface area contributed by atoms with E-state index in [1.807, 2.05) is 42.5 Å². The van der Waals surface area contributed by atoms with Crippen molar-refractivity contribution < 1.29 is 9.15 Å². The molecule has 182 valence electrons. The number of thioether (sulfide) groups is 1. The van der Waals surface area contributed by atoms with Crippen molar-refractivity contribution in [1.82, 2.24) is 25.0 Å². The van der Waals surface area contributed by atoms with Crippen LogP contribution in [0.3, 0.4) is 0 Å². The quantitative estimate of drug-likeness (QED) is 0.284. The van der Waals surface area contributed by atoms with Crippen LogP contribution >= 0.6 is 11.8 Å². The number of hydrogen-bond acceptors (Lipinski definition) is 8. The van der Waals surface area contributed by atoms with Crippen molar-refractivity contribution in [3.8, 4) is 5.75 Å². The van der Waals surface area contributed by atoms with Gasteiger partial charge in [-0.05, 0) is 30.5 Å². The molecule has 0 saturated heterocycles. The normalized spacial score (nSPS) is 14.2. The van der Waals surface area contributed by atoms with E-state index in [2.05, 4.69) is 42.4 Å². The van der Waals surface area contributed by atoms with Gasteiger partial charge in [0.25, 0.3) is 0 Å². The van der Waals surface area contributed by atoms with Crippen LogP contribution in [0.4, 0.5) is 5.69 Å². The molecule has 2 aromatic carbocycles. The van der Waals surface area contributed by atoms with Gasteiger partial charge < -0.3 is 19.0 Å². The highest BCUT2D eigenvalue weighted by Crippen LogP contribution is 2.34. The standard InChI is InChI=1S/C26H30N6O2S/c1-33-22-14-8-11-20(16-22)27-17-23-28-31-26(32(23)21-12-6-3-7-13-21)35-18-25-30-29-24(34-25)15-19-9-4-2-5-10-19/h2,4-5,8-11,14,16,21,27H,3,6-7,12-13,15,17-18H2,1H3. The average molecular weight is 491 g/mol. The van der Waals surface area contributed by atoms with Crippen molar-refractivity contribution in [3.63, 3.8) is 0 Å². The summed E-state index contributed by atoms with van der Waals surface area (Å²) in [6.45, 7) is 0.596. The molecular formula is C26H30N6O2S. The van der Waals surface area contributed by atoms with E-state index in [1.165, 1.54) is 19.3 Å². The molecule has 1 aliphatic rings. The van der Waals surface area contributed by atoms with Crippen molar-refractivity contribution in [1.29, 1.82) is 0 Å². The molecule has 2 heterocycles. The third-order valence-electron chi connectivity index (χ3n) is 6.23. The molecule has 2 aromatic heterocycles. The summed E-state index contributed by atoms with van der Waals surface area (Å²) in [6, 6.07) is 18.5. The van der Waals surface area contributed by atoms with Crippen LogP contribution in [0.1, 0.15) is 61.3 Å². The summed E-state index contributed by atoms with van der Waals surface area (Å²) in [5, 5.41) is 22.0. The first-order valence-electron chi connectivity index (χ1n) is 12.1. The number of ether oxygens (including phenoxy) is 1. The fourth-order valence-electron chi connectivity index (χ4n) is 4.46. The number of nitrogens with zero attached hydrogens (tertiary/aromatic N) is 5. The summed E-state index contributed by atoms with van der Waals surface area (Å²) >= 11 is 1.61. The van der Waals surface area contributed by atoms with E-state index >= 15 is 0 Å². The Morgan fingerprint density at radius 2 is 1.80 bits per heavy atom. The predicted octanol–water partition coefficient (Wildman–Crippen LogP) is 5.67. The molecule has 5 rings (SSSR count). The summed E-state index contributed by atoms with van der Waals surface area (Å²) in [5.74, 6) is 3.57. The molecule has 35 heavy (non-hydrogen) atoms. The van der Waals surface area contributed by atoms with Gasteiger partial charge in [-0.1, -0.05) is 67.4 Å². The molecule has 0 atom stereocenters. The van der Waals surface area contributed by atoms with Gasteiger partial charge in [-0.15, -0.1) is 20.4 Å². The highest BCUT2D eigenvalue weighted by Gasteiger charge is 2.23. The third kappa shape index (κ3) is 6.03. The van der Waals surface area contributed by atoms with Crippen LogP contribution in [0.2, 0.25) is 0 Å². The molecule has 0 radical (unpaired) electrons. The Hall–Kier alpha value is -3.33. The van der Waals surface area contributed by atoms with E-state index in [4.69, 9.17) is 9.15 Å². The minimum absolute atomic E-state index is 0.416. The summed E-state index contributed by atoms with van der Waals surface area (Å²) in [7, 11) is 1.68. The topological polar surface area (TPSA) is 90.9 Å². The molecule has 0 amide bonds. The van der Waals surface area contributed by atoms with Gasteiger partial charge in [-0.3, -0.25) is 0 Å². The first-order valence-corrected chi connectivity index (χ1v) is 13.1. The van der Waals surface area contributed by atoms with E-state index in [9.17, 15) is 0 Å². The maximum atomic E-state index is 5.90. The van der Waals surface area contributed by atoms with Crippen LogP contribution in [0, 0.1) is 0 Å². The largest absolute Gasteiger partial charge is 0.497 e. The van der Waals surface area contributed by atoms with E-state index in [1.54, 1.807) is 18.9 Å². The maximum Gasteiger partial charge on any atom is 0.226 e. The molecule has 9 heteroatoms. The second kappa shape index (κ2) is 11.4. The second-order valence-corrected chi connectivity index (χ2v) is 9.63. The minimum atomic E-state index is 0.416. The molecule has 1 N–H and O–H groups in total. The number of hydrogen-bond donors (Lipinski definition) is 1. The SMILES string of the molecule is COc1cccc(NCc2nnc(SCc3nnc(Cc4ccccc4)o3)n2C2CCCCC2)c1. The van der Waals surface area contributed by atoms with Crippen LogP contribution in [0.15, 0.2) is 64.2 Å². The Morgan fingerprint density at radius 3 is 2.63 bits per heavy atom. The summed E-state index contributed by atoms with van der Waals surface area (Å²) in [4.78, 5) is 0. The number of aromatic nitrogens is 5. The number of anilines is 1. The average Bonchev–Trinajstić information content (AvgIpc) is 3.54. The fourth-order valence-corrected chi connectivity index (χ4v) is 5.32. The smallest absolute Gasteiger partial charge is 0.226 e. The van der Waals surface area contributed by atoms with E-state index in [0.717, 1.165) is 40.8 Å². The van der Waals surface area contributed by atoms with Gasteiger partial charge in [0.05, 0.1) is 25.8 Å². The molecule has 0 bridgehead atoms. The first-order chi connectivity index (χ1) is 17.3. The van der Waals surface area contributed by atoms with Crippen LogP contribution in [0.25, 0.3) is 0 Å². The van der Waals surface area contributed by atoms with E-state index in [-0.39, 0.29) is 0 Å². The summed E-state index contributed by atoms with van der Waals surface area (Å²) in [5.41, 5.74) is 2.15. The molecule has 0 unspecified atom stereocenters. The number of benzene rings is 2. The highest BCUT2D eigenvalue weighted by atomic mass is 32.2. The van der Waals surface area contributed by atoms with Crippen LogP contribution in [0.5, 0.6) is 5.75 Å². The van der Waals surface area contributed by atoms with Gasteiger partial charge >= 0.3 is 0 Å². The molecule has 1 aliphatic carbocycles. The maximum absolute atomic E-state index is 5.90. The molecule has 0 spiro atoms. The Kier molecular flexibility index (Phi) is 7.62. The van der Waals surface area contributed by atoms with Crippen molar-refractivity contribution in [3.05, 3.63) is 77.8 Å². The van der Waals surface area contributed by atoms with Crippen molar-refractivity contribution in [2.75, 3.05) is 12.4 Å². The fraction of sp³-hybridized carbons (Fsp3) is 0.385. The van der Waals surface area contributed by atoms with Gasteiger partial charge in [0.1, 0.15) is 5.75 Å². The minimum Gasteiger partial charge on any atom is -0.497 e. The van der Waals surface area contributed by atoms with Crippen molar-refractivity contribution >= 4 is 17.4 Å². The number of methoxy groups -OCH3 is 1. The van der Waals surface area contributed by atoms with E-state index < -0.39 is 0 Å². The summed E-state index contributed by atoms with van der Waals surface area (Å²) in [6.07, 6.45) is 6.71. The van der Waals surface area contributed by atoms with Gasteiger partial charge in [-0.25, -0.2) is 0 Å². The van der Waals surface area contributed by atoms with Crippen LogP contribution in [-0.4, -0.2) is 32.1 Å². The lowest BCUT2D eigenvalue weighted by molar-refractivity contribution is 0.330. The second-order valence-electron chi connectivity index (χ2n) is 8.69. The lowest BCUT2D eigenvalue weighted by Crippen LogP contribution is -2.18. The zero-order valence-electron chi connectivity index (χ0n) is 19.9. The zero-order chi connectivity index (χ0) is 23.9. The van der Waals surface area contributed by atoms with Crippen molar-refractivity contribution in [2.45, 2.75) is 62.0 Å². The Bertz CT molecular complexity index is 1220. The first kappa shape index (κ1) is 23.4. The van der Waals surface area contributed by atoms with Gasteiger partial charge in [0.15, 0.2) is 11.0 Å². The van der Waals surface area contributed by atoms with E-state index in [0.29, 0.717) is 36.5 Å². The summed E-state index contributed by atoms with van der Waals surface area (Å²) < 4.78 is 13.6. The predicted molar refractivity (Wildman–Crippen MR) is 136 cm³/mol. The monoisotopic (exact) mass is 490 g/mol. The van der Waals surface area contributed by atoms with Gasteiger partial charge in [0, 0.05) is 17.8 Å². The molecule has 0 aliphatic heterocycles. The zero-order valence-corrected chi connectivity index (χ0v) is 20.7. The Morgan fingerprint density at radius 1 is 0.971 bits per heavy atom. The molecule has 1 saturated carbocycles. The van der Waals surface area contributed by atoms with Crippen molar-refractivity contribution in [2.24, 2.45) is 0 Å². The Balaban J connectivity index is 1.28. The molecule has 8 nitrogen and oxygen atoms in total. The molecule has 1 fully saturated rings.